The number of ether oxygens (including phenoxy) is 1. The fourth-order valence-corrected chi connectivity index (χ4v) is 2.62. The fraction of sp³-hybridized carbons (Fsp3) is 0.368. The third-order valence-electron chi connectivity index (χ3n) is 3.66. The minimum Gasteiger partial charge on any atom is -0.496 e. The molecule has 0 radical (unpaired) electrons. The number of hydrogen-bond donors (Lipinski definition) is 1. The molecule has 2 N–H and O–H groups in total. The van der Waals surface area contributed by atoms with E-state index in [2.05, 4.69) is 48.5 Å². The average molecular weight is 283 g/mol. The van der Waals surface area contributed by atoms with Gasteiger partial charge in [-0.15, -0.1) is 0 Å². The lowest BCUT2D eigenvalue weighted by Gasteiger charge is -2.12. The molecule has 112 valence electrons. The lowest BCUT2D eigenvalue weighted by Crippen LogP contribution is -2.17. The Morgan fingerprint density at radius 1 is 1.00 bits per heavy atom. The van der Waals surface area contributed by atoms with Gasteiger partial charge in [-0.25, -0.2) is 0 Å². The van der Waals surface area contributed by atoms with E-state index < -0.39 is 0 Å². The molecule has 0 heterocycles. The minimum absolute atomic E-state index is 0.179. The third kappa shape index (κ3) is 4.91. The molecule has 0 aliphatic carbocycles. The Morgan fingerprint density at radius 3 is 2.43 bits per heavy atom. The van der Waals surface area contributed by atoms with Crippen LogP contribution in [0.4, 0.5) is 0 Å². The lowest BCUT2D eigenvalue weighted by molar-refractivity contribution is 0.408. The van der Waals surface area contributed by atoms with Crippen LogP contribution in [0.5, 0.6) is 5.75 Å². The molecule has 0 aliphatic heterocycles. The number of rotatable bonds is 7. The van der Waals surface area contributed by atoms with E-state index >= 15 is 0 Å². The first-order valence-electron chi connectivity index (χ1n) is 7.64. The highest BCUT2D eigenvalue weighted by atomic mass is 16.5. The van der Waals surface area contributed by atoms with Gasteiger partial charge in [-0.05, 0) is 55.4 Å². The predicted molar refractivity (Wildman–Crippen MR) is 88.8 cm³/mol. The average Bonchev–Trinajstić information content (AvgIpc) is 2.49. The summed E-state index contributed by atoms with van der Waals surface area (Å²) in [4.78, 5) is 0. The van der Waals surface area contributed by atoms with Crippen LogP contribution in [-0.2, 0) is 19.3 Å². The van der Waals surface area contributed by atoms with Crippen molar-refractivity contribution in [3.8, 4) is 5.75 Å². The molecular weight excluding hydrogens is 258 g/mol. The maximum Gasteiger partial charge on any atom is 0.122 e. The zero-order valence-corrected chi connectivity index (χ0v) is 13.0. The van der Waals surface area contributed by atoms with E-state index in [9.17, 15) is 0 Å². The van der Waals surface area contributed by atoms with Gasteiger partial charge in [0.2, 0.25) is 0 Å². The van der Waals surface area contributed by atoms with Gasteiger partial charge >= 0.3 is 0 Å². The number of hydrogen-bond acceptors (Lipinski definition) is 2. The van der Waals surface area contributed by atoms with E-state index in [0.29, 0.717) is 0 Å². The molecule has 0 saturated heterocycles. The number of aryl methyl sites for hydroxylation is 2. The van der Waals surface area contributed by atoms with Crippen LogP contribution >= 0.6 is 0 Å². The molecule has 1 atom stereocenters. The molecule has 0 amide bonds. The second kappa shape index (κ2) is 7.84. The normalized spacial score (nSPS) is 12.1. The van der Waals surface area contributed by atoms with Gasteiger partial charge in [0.1, 0.15) is 5.75 Å². The molecule has 0 aliphatic rings. The summed E-state index contributed by atoms with van der Waals surface area (Å²) in [5.41, 5.74) is 9.77. The van der Waals surface area contributed by atoms with Gasteiger partial charge in [0.15, 0.2) is 0 Å². The van der Waals surface area contributed by atoms with Crippen LogP contribution in [0, 0.1) is 0 Å². The van der Waals surface area contributed by atoms with Crippen molar-refractivity contribution < 1.29 is 4.74 Å². The quantitative estimate of drug-likeness (QED) is 0.839. The van der Waals surface area contributed by atoms with Crippen LogP contribution in [-0.4, -0.2) is 13.2 Å². The molecule has 0 bridgehead atoms. The Morgan fingerprint density at radius 2 is 1.76 bits per heavy atom. The molecule has 0 fully saturated rings. The monoisotopic (exact) mass is 283 g/mol. The molecule has 21 heavy (non-hydrogen) atoms. The Labute approximate surface area is 127 Å². The van der Waals surface area contributed by atoms with Gasteiger partial charge in [0, 0.05) is 6.04 Å². The standard InChI is InChI=1S/C19H25NO/c1-15(20)13-17-11-12-18(19(14-17)21-2)10-6-9-16-7-4-3-5-8-16/h3-5,7-8,11-12,14-15H,6,9-10,13,20H2,1-2H3/t15-/m1/s1. The number of benzene rings is 2. The van der Waals surface area contributed by atoms with E-state index in [1.54, 1.807) is 7.11 Å². The molecule has 2 rings (SSSR count). The van der Waals surface area contributed by atoms with E-state index in [1.165, 1.54) is 16.7 Å². The van der Waals surface area contributed by atoms with E-state index in [4.69, 9.17) is 10.5 Å². The van der Waals surface area contributed by atoms with Crippen LogP contribution in [0.15, 0.2) is 48.5 Å². The van der Waals surface area contributed by atoms with Gasteiger partial charge in [-0.3, -0.25) is 0 Å². The van der Waals surface area contributed by atoms with Crippen molar-refractivity contribution in [2.45, 2.75) is 38.6 Å². The zero-order chi connectivity index (χ0) is 15.1. The fourth-order valence-electron chi connectivity index (χ4n) is 2.62. The Balaban J connectivity index is 1.96. The van der Waals surface area contributed by atoms with Crippen molar-refractivity contribution in [2.75, 3.05) is 7.11 Å². The van der Waals surface area contributed by atoms with Crippen LogP contribution in [0.1, 0.15) is 30.0 Å². The van der Waals surface area contributed by atoms with Gasteiger partial charge in [0.25, 0.3) is 0 Å². The van der Waals surface area contributed by atoms with Crippen molar-refractivity contribution in [3.05, 3.63) is 65.2 Å². The van der Waals surface area contributed by atoms with Crippen molar-refractivity contribution in [1.29, 1.82) is 0 Å². The molecule has 0 saturated carbocycles. The number of methoxy groups -OCH3 is 1. The first-order chi connectivity index (χ1) is 10.2. The lowest BCUT2D eigenvalue weighted by atomic mass is 10.00. The van der Waals surface area contributed by atoms with E-state index in [1.807, 2.05) is 6.92 Å². The SMILES string of the molecule is COc1cc(C[C@@H](C)N)ccc1CCCc1ccccc1. The van der Waals surface area contributed by atoms with E-state index in [0.717, 1.165) is 31.4 Å². The summed E-state index contributed by atoms with van der Waals surface area (Å²) in [5, 5.41) is 0. The molecule has 2 heteroatoms. The molecule has 2 aromatic rings. The highest BCUT2D eigenvalue weighted by Gasteiger charge is 2.06. The molecular formula is C19H25NO. The smallest absolute Gasteiger partial charge is 0.122 e. The molecule has 2 aromatic carbocycles. The van der Waals surface area contributed by atoms with Crippen LogP contribution in [0.3, 0.4) is 0 Å². The highest BCUT2D eigenvalue weighted by molar-refractivity contribution is 5.38. The van der Waals surface area contributed by atoms with E-state index in [-0.39, 0.29) is 6.04 Å². The maximum absolute atomic E-state index is 5.86. The highest BCUT2D eigenvalue weighted by Crippen LogP contribution is 2.23. The Bertz CT molecular complexity index is 549. The van der Waals surface area contributed by atoms with Crippen LogP contribution in [0.2, 0.25) is 0 Å². The molecule has 0 aromatic heterocycles. The maximum atomic E-state index is 5.86. The van der Waals surface area contributed by atoms with Crippen molar-refractivity contribution in [3.63, 3.8) is 0 Å². The van der Waals surface area contributed by atoms with Gasteiger partial charge < -0.3 is 10.5 Å². The third-order valence-corrected chi connectivity index (χ3v) is 3.66. The Kier molecular flexibility index (Phi) is 5.82. The Hall–Kier alpha value is -1.80. The predicted octanol–water partition coefficient (Wildman–Crippen LogP) is 3.76. The summed E-state index contributed by atoms with van der Waals surface area (Å²) in [6, 6.07) is 17.3. The van der Waals surface area contributed by atoms with Crippen molar-refractivity contribution in [2.24, 2.45) is 5.73 Å². The molecule has 0 unspecified atom stereocenters. The molecule has 0 spiro atoms. The second-order valence-corrected chi connectivity index (χ2v) is 5.67. The summed E-state index contributed by atoms with van der Waals surface area (Å²) in [6.45, 7) is 2.03. The number of nitrogens with two attached hydrogens (primary N) is 1. The van der Waals surface area contributed by atoms with Crippen molar-refractivity contribution >= 4 is 0 Å². The molecule has 2 nitrogen and oxygen atoms in total. The summed E-state index contributed by atoms with van der Waals surface area (Å²) in [7, 11) is 1.74. The van der Waals surface area contributed by atoms with Crippen LogP contribution < -0.4 is 10.5 Å². The largest absolute Gasteiger partial charge is 0.496 e. The van der Waals surface area contributed by atoms with Gasteiger partial charge in [0.05, 0.1) is 7.11 Å². The topological polar surface area (TPSA) is 35.2 Å². The zero-order valence-electron chi connectivity index (χ0n) is 13.0. The summed E-state index contributed by atoms with van der Waals surface area (Å²) >= 11 is 0. The van der Waals surface area contributed by atoms with Crippen molar-refractivity contribution in [1.82, 2.24) is 0 Å². The first-order valence-corrected chi connectivity index (χ1v) is 7.64. The second-order valence-electron chi connectivity index (χ2n) is 5.67. The van der Waals surface area contributed by atoms with Gasteiger partial charge in [-0.1, -0.05) is 42.5 Å². The summed E-state index contributed by atoms with van der Waals surface area (Å²) < 4.78 is 5.53. The minimum atomic E-state index is 0.179. The first kappa shape index (κ1) is 15.6. The van der Waals surface area contributed by atoms with Crippen LogP contribution in [0.25, 0.3) is 0 Å². The van der Waals surface area contributed by atoms with Gasteiger partial charge in [-0.2, -0.15) is 0 Å². The summed E-state index contributed by atoms with van der Waals surface area (Å²) in [5.74, 6) is 0.987. The summed E-state index contributed by atoms with van der Waals surface area (Å²) in [6.07, 6.45) is 4.16.